The largest absolute Gasteiger partial charge is 0.454 e. The van der Waals surface area contributed by atoms with Crippen LogP contribution in [-0.4, -0.2) is 66.5 Å². The number of amides is 3. The second kappa shape index (κ2) is 10.6. The van der Waals surface area contributed by atoms with Crippen LogP contribution in [0.1, 0.15) is 43.0 Å². The Labute approximate surface area is 210 Å². The first-order chi connectivity index (χ1) is 17.5. The summed E-state index contributed by atoms with van der Waals surface area (Å²) in [6.07, 6.45) is 4.36. The maximum Gasteiger partial charge on any atom is 0.254 e. The predicted molar refractivity (Wildman–Crippen MR) is 135 cm³/mol. The maximum absolute atomic E-state index is 13.5. The average molecular weight is 493 g/mol. The van der Waals surface area contributed by atoms with E-state index < -0.39 is 0 Å². The van der Waals surface area contributed by atoms with Crippen molar-refractivity contribution in [3.05, 3.63) is 48.0 Å². The van der Waals surface area contributed by atoms with Gasteiger partial charge in [0.05, 0.1) is 6.04 Å². The second-order valence-electron chi connectivity index (χ2n) is 9.63. The molecule has 36 heavy (non-hydrogen) atoms. The van der Waals surface area contributed by atoms with Crippen LogP contribution in [0.5, 0.6) is 11.5 Å². The standard InChI is InChI=1S/C27H32N4O5/c1-18(32)28-21-7-9-22(10-8-21)29-26(33)25(19-4-2-3-5-19)30-12-14-31(15-13-30)27(34)20-6-11-23-24(16-20)36-17-35-23/h6-11,16,19,25H,2-5,12-15,17H2,1H3,(H,28,32)(H,29,33)/t25-/m1/s1. The van der Waals surface area contributed by atoms with E-state index in [1.165, 1.54) is 6.92 Å². The van der Waals surface area contributed by atoms with Gasteiger partial charge in [0.25, 0.3) is 5.91 Å². The summed E-state index contributed by atoms with van der Waals surface area (Å²) in [5.74, 6) is 1.39. The van der Waals surface area contributed by atoms with Crippen molar-refractivity contribution < 1.29 is 23.9 Å². The van der Waals surface area contributed by atoms with Crippen molar-refractivity contribution in [1.82, 2.24) is 9.80 Å². The van der Waals surface area contributed by atoms with Crippen LogP contribution in [0.3, 0.4) is 0 Å². The van der Waals surface area contributed by atoms with Crippen molar-refractivity contribution in [1.29, 1.82) is 0 Å². The van der Waals surface area contributed by atoms with Gasteiger partial charge in [-0.25, -0.2) is 0 Å². The molecular weight excluding hydrogens is 460 g/mol. The molecule has 2 aromatic carbocycles. The zero-order chi connectivity index (χ0) is 25.1. The Hall–Kier alpha value is -3.59. The number of hydrogen-bond acceptors (Lipinski definition) is 6. The molecule has 0 spiro atoms. The topological polar surface area (TPSA) is 100 Å². The normalized spacial score (nSPS) is 18.6. The SMILES string of the molecule is CC(=O)Nc1ccc(NC(=O)[C@@H](C2CCCC2)N2CCN(C(=O)c3ccc4c(c3)OCO4)CC2)cc1. The van der Waals surface area contributed by atoms with Crippen molar-refractivity contribution in [2.24, 2.45) is 5.92 Å². The zero-order valence-electron chi connectivity index (χ0n) is 20.5. The number of anilines is 2. The van der Waals surface area contributed by atoms with Crippen molar-refractivity contribution >= 4 is 29.1 Å². The quantitative estimate of drug-likeness (QED) is 0.642. The molecule has 0 unspecified atom stereocenters. The van der Waals surface area contributed by atoms with Gasteiger partial charge in [0.2, 0.25) is 18.6 Å². The van der Waals surface area contributed by atoms with Crippen LogP contribution in [0.15, 0.2) is 42.5 Å². The Morgan fingerprint density at radius 2 is 1.50 bits per heavy atom. The van der Waals surface area contributed by atoms with Gasteiger partial charge in [0, 0.05) is 50.0 Å². The van der Waals surface area contributed by atoms with E-state index in [9.17, 15) is 14.4 Å². The Morgan fingerprint density at radius 3 is 2.17 bits per heavy atom. The summed E-state index contributed by atoms with van der Waals surface area (Å²) in [6.45, 7) is 4.06. The Balaban J connectivity index is 1.23. The number of carbonyl (C=O) groups excluding carboxylic acids is 3. The number of ether oxygens (including phenoxy) is 2. The van der Waals surface area contributed by atoms with Gasteiger partial charge in [-0.1, -0.05) is 12.8 Å². The molecule has 0 radical (unpaired) electrons. The number of nitrogens with zero attached hydrogens (tertiary/aromatic N) is 2. The third-order valence-electron chi connectivity index (χ3n) is 7.20. The van der Waals surface area contributed by atoms with Crippen LogP contribution in [0.4, 0.5) is 11.4 Å². The van der Waals surface area contributed by atoms with Crippen LogP contribution in [-0.2, 0) is 9.59 Å². The fourth-order valence-electron chi connectivity index (χ4n) is 5.42. The number of piperazine rings is 1. The minimum Gasteiger partial charge on any atom is -0.454 e. The number of hydrogen-bond donors (Lipinski definition) is 2. The van der Waals surface area contributed by atoms with E-state index in [4.69, 9.17) is 9.47 Å². The van der Waals surface area contributed by atoms with Gasteiger partial charge in [0.1, 0.15) is 0 Å². The molecule has 1 saturated carbocycles. The van der Waals surface area contributed by atoms with Crippen LogP contribution >= 0.6 is 0 Å². The Kier molecular flexibility index (Phi) is 7.09. The smallest absolute Gasteiger partial charge is 0.254 e. The van der Waals surface area contributed by atoms with E-state index >= 15 is 0 Å². The summed E-state index contributed by atoms with van der Waals surface area (Å²) in [7, 11) is 0. The highest BCUT2D eigenvalue weighted by Gasteiger charge is 2.37. The summed E-state index contributed by atoms with van der Waals surface area (Å²) in [6, 6.07) is 12.2. The molecule has 9 nitrogen and oxygen atoms in total. The molecule has 2 heterocycles. The fraction of sp³-hybridized carbons (Fsp3) is 0.444. The molecule has 0 aromatic heterocycles. The molecule has 2 N–H and O–H groups in total. The minimum absolute atomic E-state index is 0.00951. The maximum atomic E-state index is 13.5. The summed E-state index contributed by atoms with van der Waals surface area (Å²) in [5, 5.41) is 5.82. The number of carbonyl (C=O) groups is 3. The molecule has 3 amide bonds. The van der Waals surface area contributed by atoms with E-state index in [-0.39, 0.29) is 30.6 Å². The van der Waals surface area contributed by atoms with Crippen molar-refractivity contribution in [2.45, 2.75) is 38.6 Å². The summed E-state index contributed by atoms with van der Waals surface area (Å²) >= 11 is 0. The zero-order valence-corrected chi connectivity index (χ0v) is 20.5. The van der Waals surface area contributed by atoms with Crippen LogP contribution in [0.2, 0.25) is 0 Å². The average Bonchev–Trinajstić information content (AvgIpc) is 3.57. The van der Waals surface area contributed by atoms with Gasteiger partial charge in [-0.2, -0.15) is 0 Å². The van der Waals surface area contributed by atoms with Crippen LogP contribution in [0.25, 0.3) is 0 Å². The van der Waals surface area contributed by atoms with Gasteiger partial charge in [-0.05, 0) is 61.2 Å². The van der Waals surface area contributed by atoms with E-state index in [0.29, 0.717) is 60.5 Å². The number of nitrogens with one attached hydrogen (secondary N) is 2. The van der Waals surface area contributed by atoms with Gasteiger partial charge < -0.3 is 25.0 Å². The lowest BCUT2D eigenvalue weighted by Crippen LogP contribution is -2.56. The second-order valence-corrected chi connectivity index (χ2v) is 9.63. The minimum atomic E-state index is -0.231. The lowest BCUT2D eigenvalue weighted by molar-refractivity contribution is -0.124. The van der Waals surface area contributed by atoms with Crippen LogP contribution in [0, 0.1) is 5.92 Å². The first-order valence-corrected chi connectivity index (χ1v) is 12.6. The highest BCUT2D eigenvalue weighted by Crippen LogP contribution is 2.34. The molecule has 5 rings (SSSR count). The van der Waals surface area contributed by atoms with Crippen molar-refractivity contribution in [3.8, 4) is 11.5 Å². The molecule has 9 heteroatoms. The molecule has 1 aliphatic carbocycles. The highest BCUT2D eigenvalue weighted by atomic mass is 16.7. The first-order valence-electron chi connectivity index (χ1n) is 12.6. The Morgan fingerprint density at radius 1 is 0.861 bits per heavy atom. The molecule has 0 bridgehead atoms. The van der Waals surface area contributed by atoms with Gasteiger partial charge in [-0.15, -0.1) is 0 Å². The third-order valence-corrected chi connectivity index (χ3v) is 7.20. The van der Waals surface area contributed by atoms with Gasteiger partial charge in [0.15, 0.2) is 11.5 Å². The van der Waals surface area contributed by atoms with Crippen molar-refractivity contribution in [2.75, 3.05) is 43.6 Å². The number of rotatable bonds is 6. The molecule has 3 aliphatic rings. The van der Waals surface area contributed by atoms with E-state index in [2.05, 4.69) is 15.5 Å². The van der Waals surface area contributed by atoms with Gasteiger partial charge >= 0.3 is 0 Å². The molecule has 2 fully saturated rings. The van der Waals surface area contributed by atoms with E-state index in [1.54, 1.807) is 42.5 Å². The molecule has 1 saturated heterocycles. The molecule has 2 aliphatic heterocycles. The fourth-order valence-corrected chi connectivity index (χ4v) is 5.42. The Bertz CT molecular complexity index is 1120. The van der Waals surface area contributed by atoms with Crippen LogP contribution < -0.4 is 20.1 Å². The molecule has 190 valence electrons. The molecule has 2 aromatic rings. The first kappa shape index (κ1) is 24.1. The molecular formula is C27H32N4O5. The van der Waals surface area contributed by atoms with Crippen molar-refractivity contribution in [3.63, 3.8) is 0 Å². The summed E-state index contributed by atoms with van der Waals surface area (Å²) in [5.41, 5.74) is 1.98. The highest BCUT2D eigenvalue weighted by molar-refractivity contribution is 5.96. The number of fused-ring (bicyclic) bond motifs is 1. The lowest BCUT2D eigenvalue weighted by Gasteiger charge is -2.40. The van der Waals surface area contributed by atoms with E-state index in [0.717, 1.165) is 25.7 Å². The lowest BCUT2D eigenvalue weighted by atomic mass is 9.94. The monoisotopic (exact) mass is 492 g/mol. The third kappa shape index (κ3) is 5.31. The number of benzene rings is 2. The summed E-state index contributed by atoms with van der Waals surface area (Å²) in [4.78, 5) is 41.9. The van der Waals surface area contributed by atoms with E-state index in [1.807, 2.05) is 4.90 Å². The predicted octanol–water partition coefficient (Wildman–Crippen LogP) is 3.33. The molecule has 1 atom stereocenters. The van der Waals surface area contributed by atoms with Gasteiger partial charge in [-0.3, -0.25) is 19.3 Å². The summed E-state index contributed by atoms with van der Waals surface area (Å²) < 4.78 is 10.8.